The van der Waals surface area contributed by atoms with E-state index in [1.165, 1.54) is 0 Å². The van der Waals surface area contributed by atoms with Gasteiger partial charge in [-0.25, -0.2) is 0 Å². The summed E-state index contributed by atoms with van der Waals surface area (Å²) < 4.78 is 0. The molecule has 10 heteroatoms. The van der Waals surface area contributed by atoms with E-state index in [1.54, 1.807) is 0 Å². The van der Waals surface area contributed by atoms with E-state index in [9.17, 15) is 35.4 Å². The van der Waals surface area contributed by atoms with E-state index in [4.69, 9.17) is 0 Å². The van der Waals surface area contributed by atoms with Crippen LogP contribution >= 0.6 is 0 Å². The number of nitro benzene ring substituents is 1. The van der Waals surface area contributed by atoms with Gasteiger partial charge >= 0.3 is 5.82 Å². The molecule has 0 saturated carbocycles. The Labute approximate surface area is 98.2 Å². The highest BCUT2D eigenvalue weighted by Gasteiger charge is 2.33. The number of hydrogen-bond donors (Lipinski definition) is 1. The molecule has 18 heavy (non-hydrogen) atoms. The van der Waals surface area contributed by atoms with Crippen LogP contribution in [0.3, 0.4) is 0 Å². The summed E-state index contributed by atoms with van der Waals surface area (Å²) in [4.78, 5) is 27.7. The van der Waals surface area contributed by atoms with Gasteiger partial charge in [-0.1, -0.05) is 0 Å². The third-order valence-electron chi connectivity index (χ3n) is 1.91. The number of aliphatic hydroxyl groups excluding tert-OH is 1. The van der Waals surface area contributed by atoms with Crippen LogP contribution in [0.1, 0.15) is 5.56 Å². The van der Waals surface area contributed by atoms with Crippen molar-refractivity contribution < 1.29 is 19.9 Å². The third kappa shape index (κ3) is 2.55. The predicted molar refractivity (Wildman–Crippen MR) is 56.6 cm³/mol. The van der Waals surface area contributed by atoms with Crippen LogP contribution in [0, 0.1) is 30.3 Å². The van der Waals surface area contributed by atoms with E-state index in [-0.39, 0.29) is 11.3 Å². The zero-order valence-corrected chi connectivity index (χ0v) is 8.55. The normalized spacial score (nSPS) is 9.56. The Morgan fingerprint density at radius 2 is 1.39 bits per heavy atom. The minimum Gasteiger partial charge on any atom is -0.497 e. The Balaban J connectivity index is 3.28. The molecule has 1 rings (SSSR count). The lowest BCUT2D eigenvalue weighted by atomic mass is 10.1. The largest absolute Gasteiger partial charge is 0.601 e. The molecule has 1 aromatic rings. The van der Waals surface area contributed by atoms with Crippen LogP contribution < -0.4 is 0 Å². The minimum absolute atomic E-state index is 0.260. The van der Waals surface area contributed by atoms with Crippen molar-refractivity contribution in [1.82, 2.24) is 0 Å². The molecule has 0 atom stereocenters. The Morgan fingerprint density at radius 1 is 0.944 bits per heavy atom. The van der Waals surface area contributed by atoms with Gasteiger partial charge in [-0.05, 0) is 12.1 Å². The highest BCUT2D eigenvalue weighted by Crippen LogP contribution is 2.20. The topological polar surface area (TPSA) is 150 Å². The number of nitro groups is 3. The second-order valence-electron chi connectivity index (χ2n) is 2.99. The first-order valence-corrected chi connectivity index (χ1v) is 4.31. The van der Waals surface area contributed by atoms with Crippen LogP contribution in [0.2, 0.25) is 0 Å². The summed E-state index contributed by atoms with van der Waals surface area (Å²) in [6.07, 6.45) is 0. The first-order chi connectivity index (χ1) is 8.34. The van der Waals surface area contributed by atoms with Crippen molar-refractivity contribution in [2.75, 3.05) is 0 Å². The van der Waals surface area contributed by atoms with Crippen molar-refractivity contribution in [2.24, 2.45) is 0 Å². The summed E-state index contributed by atoms with van der Waals surface area (Å²) in [5.74, 6) is -2.76. The van der Waals surface area contributed by atoms with Crippen LogP contribution in [0.4, 0.5) is 5.69 Å². The zero-order chi connectivity index (χ0) is 13.9. The van der Waals surface area contributed by atoms with E-state index in [1.807, 2.05) is 0 Å². The van der Waals surface area contributed by atoms with Crippen LogP contribution in [0.25, 0.3) is 5.76 Å². The second kappa shape index (κ2) is 4.86. The Hall–Kier alpha value is -3.04. The van der Waals surface area contributed by atoms with Gasteiger partial charge in [0.25, 0.3) is 11.4 Å². The maximum Gasteiger partial charge on any atom is 0.601 e. The van der Waals surface area contributed by atoms with E-state index in [2.05, 4.69) is 0 Å². The Morgan fingerprint density at radius 3 is 1.72 bits per heavy atom. The average Bonchev–Trinajstić information content (AvgIpc) is 2.28. The number of aliphatic hydroxyl groups is 1. The molecule has 0 aliphatic rings. The van der Waals surface area contributed by atoms with Gasteiger partial charge in [0.15, 0.2) is 0 Å². The van der Waals surface area contributed by atoms with Crippen molar-refractivity contribution in [2.45, 2.75) is 0 Å². The maximum absolute atomic E-state index is 10.4. The molecule has 1 N–H and O–H groups in total. The summed E-state index contributed by atoms with van der Waals surface area (Å²) in [6.45, 7) is 0. The lowest BCUT2D eigenvalue weighted by molar-refractivity contribution is -0.615. The van der Waals surface area contributed by atoms with Crippen molar-refractivity contribution in [3.8, 4) is 0 Å². The zero-order valence-electron chi connectivity index (χ0n) is 8.55. The molecular formula is C8H5N3O7. The van der Waals surface area contributed by atoms with Gasteiger partial charge in [-0.3, -0.25) is 30.3 Å². The molecule has 0 saturated heterocycles. The predicted octanol–water partition coefficient (Wildman–Crippen LogP) is 1.33. The van der Waals surface area contributed by atoms with Crippen molar-refractivity contribution in [3.05, 3.63) is 66.0 Å². The molecule has 94 valence electrons. The summed E-state index contributed by atoms with van der Waals surface area (Å²) in [7, 11) is 0. The number of non-ortho nitro benzene ring substituents is 1. The monoisotopic (exact) mass is 255 g/mol. The molecule has 1 aromatic carbocycles. The van der Waals surface area contributed by atoms with E-state index < -0.39 is 26.4 Å². The molecule has 0 amide bonds. The summed E-state index contributed by atoms with van der Waals surface area (Å²) in [6, 6.07) is 3.87. The Kier molecular flexibility index (Phi) is 3.52. The Bertz CT molecular complexity index is 532. The van der Waals surface area contributed by atoms with Crippen LogP contribution in [0.5, 0.6) is 0 Å². The highest BCUT2D eigenvalue weighted by molar-refractivity contribution is 5.60. The summed E-state index contributed by atoms with van der Waals surface area (Å²) in [5, 5.41) is 40.5. The average molecular weight is 255 g/mol. The van der Waals surface area contributed by atoms with Gasteiger partial charge in [0.2, 0.25) is 0 Å². The molecule has 0 heterocycles. The number of benzene rings is 1. The molecular weight excluding hydrogens is 250 g/mol. The van der Waals surface area contributed by atoms with Gasteiger partial charge < -0.3 is 5.11 Å². The van der Waals surface area contributed by atoms with Gasteiger partial charge in [-0.2, -0.15) is 0 Å². The standard InChI is InChI=1S/C8H5N3O7/c12-7(8(10(15)16)11(17)18)5-1-3-6(4-2-5)9(13)14/h1-4,12H. The van der Waals surface area contributed by atoms with E-state index >= 15 is 0 Å². The third-order valence-corrected chi connectivity index (χ3v) is 1.91. The molecule has 10 nitrogen and oxygen atoms in total. The van der Waals surface area contributed by atoms with E-state index in [0.717, 1.165) is 24.3 Å². The smallest absolute Gasteiger partial charge is 0.497 e. The maximum atomic E-state index is 10.4. The summed E-state index contributed by atoms with van der Waals surface area (Å²) in [5.41, 5.74) is -0.570. The molecule has 0 radical (unpaired) electrons. The van der Waals surface area contributed by atoms with Crippen LogP contribution in [-0.2, 0) is 0 Å². The summed E-state index contributed by atoms with van der Waals surface area (Å²) >= 11 is 0. The molecule has 0 spiro atoms. The van der Waals surface area contributed by atoms with Crippen molar-refractivity contribution >= 4 is 11.4 Å². The molecule has 0 aromatic heterocycles. The quantitative estimate of drug-likeness (QED) is 0.484. The fourth-order valence-electron chi connectivity index (χ4n) is 1.11. The van der Waals surface area contributed by atoms with Crippen molar-refractivity contribution in [3.63, 3.8) is 0 Å². The molecule has 0 bridgehead atoms. The van der Waals surface area contributed by atoms with Crippen LogP contribution in [0.15, 0.2) is 30.1 Å². The fraction of sp³-hybridized carbons (Fsp3) is 0. The molecule has 0 fully saturated rings. The van der Waals surface area contributed by atoms with Gasteiger partial charge in [0, 0.05) is 17.7 Å². The number of nitrogens with zero attached hydrogens (tertiary/aromatic N) is 3. The van der Waals surface area contributed by atoms with Gasteiger partial charge in [0.05, 0.1) is 4.92 Å². The lowest BCUT2D eigenvalue weighted by Gasteiger charge is -1.97. The van der Waals surface area contributed by atoms with Gasteiger partial charge in [0.1, 0.15) is 9.85 Å². The lowest BCUT2D eigenvalue weighted by Crippen LogP contribution is -2.12. The molecule has 0 aliphatic heterocycles. The first-order valence-electron chi connectivity index (χ1n) is 4.31. The highest BCUT2D eigenvalue weighted by atomic mass is 16.7. The molecule has 0 aliphatic carbocycles. The van der Waals surface area contributed by atoms with Crippen LogP contribution in [-0.4, -0.2) is 19.9 Å². The number of rotatable bonds is 4. The van der Waals surface area contributed by atoms with Crippen molar-refractivity contribution in [1.29, 1.82) is 0 Å². The first kappa shape index (κ1) is 13.0. The molecule has 0 unspecified atom stereocenters. The number of hydrogen-bond acceptors (Lipinski definition) is 7. The minimum atomic E-state index is -1.59. The second-order valence-corrected chi connectivity index (χ2v) is 2.99. The fourth-order valence-corrected chi connectivity index (χ4v) is 1.11. The SMILES string of the molecule is O=[N+]([O-])C(=C(O)c1ccc([N+](=O)[O-])cc1)[N+](=O)[O-]. The van der Waals surface area contributed by atoms with Gasteiger partial charge in [-0.15, -0.1) is 0 Å². The van der Waals surface area contributed by atoms with E-state index in [0.29, 0.717) is 0 Å².